The molecule has 7 nitrogen and oxygen atoms in total. The third-order valence-corrected chi connectivity index (χ3v) is 3.15. The van der Waals surface area contributed by atoms with Crippen LogP contribution < -0.4 is 16.0 Å². The molecule has 0 spiro atoms. The van der Waals surface area contributed by atoms with Gasteiger partial charge in [0, 0.05) is 33.3 Å². The van der Waals surface area contributed by atoms with E-state index in [1.165, 1.54) is 0 Å². The predicted octanol–water partition coefficient (Wildman–Crippen LogP) is 2.75. The second-order valence-corrected chi connectivity index (χ2v) is 6.88. The smallest absolute Gasteiger partial charge is 0.407 e. The maximum atomic E-state index is 11.5. The summed E-state index contributed by atoms with van der Waals surface area (Å²) in [6, 6.07) is 0. The molecule has 25 heavy (non-hydrogen) atoms. The van der Waals surface area contributed by atoms with Crippen molar-refractivity contribution in [3.63, 3.8) is 0 Å². The highest BCUT2D eigenvalue weighted by atomic mass is 127. The fourth-order valence-corrected chi connectivity index (χ4v) is 2.04. The molecule has 1 unspecified atom stereocenters. The molecule has 0 aromatic rings. The minimum absolute atomic E-state index is 0. The highest BCUT2D eigenvalue weighted by molar-refractivity contribution is 14.0. The normalized spacial score (nSPS) is 13.0. The van der Waals surface area contributed by atoms with Crippen LogP contribution in [-0.2, 0) is 9.47 Å². The van der Waals surface area contributed by atoms with Crippen molar-refractivity contribution in [3.8, 4) is 0 Å². The number of hydrogen-bond acceptors (Lipinski definition) is 4. The van der Waals surface area contributed by atoms with Crippen LogP contribution in [-0.4, -0.2) is 57.0 Å². The van der Waals surface area contributed by atoms with Crippen LogP contribution in [0.2, 0.25) is 0 Å². The molecule has 1 atom stereocenters. The van der Waals surface area contributed by atoms with Crippen LogP contribution in [0.1, 0.15) is 48.0 Å². The highest BCUT2D eigenvalue weighted by Crippen LogP contribution is 2.09. The largest absolute Gasteiger partial charge is 0.444 e. The van der Waals surface area contributed by atoms with Crippen LogP contribution in [0.15, 0.2) is 4.99 Å². The van der Waals surface area contributed by atoms with E-state index in [4.69, 9.17) is 9.47 Å². The van der Waals surface area contributed by atoms with Crippen molar-refractivity contribution in [2.75, 3.05) is 33.3 Å². The Bertz CT molecular complexity index is 385. The zero-order valence-corrected chi connectivity index (χ0v) is 19.1. The summed E-state index contributed by atoms with van der Waals surface area (Å²) in [5.74, 6) is 1.19. The van der Waals surface area contributed by atoms with Gasteiger partial charge in [-0.25, -0.2) is 4.79 Å². The number of ether oxygens (including phenoxy) is 2. The van der Waals surface area contributed by atoms with Gasteiger partial charge < -0.3 is 25.4 Å². The number of aliphatic imine (C=N–C) groups is 1. The molecule has 150 valence electrons. The van der Waals surface area contributed by atoms with E-state index in [0.29, 0.717) is 25.0 Å². The van der Waals surface area contributed by atoms with Crippen LogP contribution in [0, 0.1) is 5.92 Å². The molecule has 8 heteroatoms. The monoisotopic (exact) mass is 472 g/mol. The maximum Gasteiger partial charge on any atom is 0.407 e. The summed E-state index contributed by atoms with van der Waals surface area (Å²) in [5, 5.41) is 9.10. The van der Waals surface area contributed by atoms with Crippen LogP contribution in [0.25, 0.3) is 0 Å². The first-order valence-electron chi connectivity index (χ1n) is 8.72. The van der Waals surface area contributed by atoms with Crippen LogP contribution in [0.5, 0.6) is 0 Å². The van der Waals surface area contributed by atoms with Gasteiger partial charge >= 0.3 is 6.09 Å². The molecule has 3 N–H and O–H groups in total. The molecule has 0 aliphatic rings. The molecule has 0 saturated heterocycles. The zero-order valence-electron chi connectivity index (χ0n) is 16.8. The van der Waals surface area contributed by atoms with E-state index >= 15 is 0 Å². The molecule has 0 aliphatic carbocycles. The lowest BCUT2D eigenvalue weighted by molar-refractivity contribution is 0.0258. The SMILES string of the molecule is CCOC(CCNC(=NC)NCCNC(=O)OC(C)(C)C)C(C)C.I. The summed E-state index contributed by atoms with van der Waals surface area (Å²) in [5.41, 5.74) is -0.484. The van der Waals surface area contributed by atoms with Gasteiger partial charge in [0.15, 0.2) is 5.96 Å². The average Bonchev–Trinajstić information content (AvgIpc) is 2.46. The number of amides is 1. The van der Waals surface area contributed by atoms with E-state index in [0.717, 1.165) is 19.6 Å². The van der Waals surface area contributed by atoms with Crippen LogP contribution in [0.3, 0.4) is 0 Å². The fourth-order valence-electron chi connectivity index (χ4n) is 2.04. The Morgan fingerprint density at radius 2 is 1.64 bits per heavy atom. The summed E-state index contributed by atoms with van der Waals surface area (Å²) in [7, 11) is 1.72. The molecule has 0 rings (SSSR count). The molecule has 0 aromatic heterocycles. The molecular weight excluding hydrogens is 435 g/mol. The Morgan fingerprint density at radius 3 is 2.12 bits per heavy atom. The van der Waals surface area contributed by atoms with Gasteiger partial charge in [-0.3, -0.25) is 4.99 Å². The summed E-state index contributed by atoms with van der Waals surface area (Å²) in [6.45, 7) is 14.4. The van der Waals surface area contributed by atoms with E-state index in [9.17, 15) is 4.79 Å². The van der Waals surface area contributed by atoms with Crippen molar-refractivity contribution in [1.82, 2.24) is 16.0 Å². The van der Waals surface area contributed by atoms with Gasteiger partial charge in [-0.15, -0.1) is 24.0 Å². The molecule has 0 radical (unpaired) electrons. The second kappa shape index (κ2) is 14.4. The third-order valence-electron chi connectivity index (χ3n) is 3.15. The van der Waals surface area contributed by atoms with Crippen LogP contribution >= 0.6 is 24.0 Å². The number of alkyl carbamates (subject to hydrolysis) is 1. The van der Waals surface area contributed by atoms with Crippen molar-refractivity contribution in [2.45, 2.75) is 59.7 Å². The van der Waals surface area contributed by atoms with Crippen molar-refractivity contribution in [3.05, 3.63) is 0 Å². The van der Waals surface area contributed by atoms with Gasteiger partial charge in [0.25, 0.3) is 0 Å². The lowest BCUT2D eigenvalue weighted by Crippen LogP contribution is -2.43. The summed E-state index contributed by atoms with van der Waals surface area (Å²) >= 11 is 0. The quantitative estimate of drug-likeness (QED) is 0.208. The molecule has 0 saturated carbocycles. The number of halogens is 1. The van der Waals surface area contributed by atoms with Gasteiger partial charge in [0.05, 0.1) is 6.10 Å². The first-order valence-corrected chi connectivity index (χ1v) is 8.72. The van der Waals surface area contributed by atoms with Crippen molar-refractivity contribution in [1.29, 1.82) is 0 Å². The molecule has 1 amide bonds. The Morgan fingerprint density at radius 1 is 1.08 bits per heavy atom. The van der Waals surface area contributed by atoms with Gasteiger partial charge in [-0.1, -0.05) is 13.8 Å². The van der Waals surface area contributed by atoms with Gasteiger partial charge in [0.2, 0.25) is 0 Å². The second-order valence-electron chi connectivity index (χ2n) is 6.88. The van der Waals surface area contributed by atoms with Crippen LogP contribution in [0.4, 0.5) is 4.79 Å². The molecule has 0 aliphatic heterocycles. The summed E-state index contributed by atoms with van der Waals surface area (Å²) in [4.78, 5) is 15.7. The minimum atomic E-state index is -0.484. The highest BCUT2D eigenvalue weighted by Gasteiger charge is 2.15. The van der Waals surface area contributed by atoms with Crippen molar-refractivity contribution >= 4 is 36.0 Å². The van der Waals surface area contributed by atoms with Gasteiger partial charge in [-0.05, 0) is 40.0 Å². The maximum absolute atomic E-state index is 11.5. The van der Waals surface area contributed by atoms with E-state index in [-0.39, 0.29) is 30.1 Å². The van der Waals surface area contributed by atoms with E-state index in [2.05, 4.69) is 34.8 Å². The van der Waals surface area contributed by atoms with E-state index < -0.39 is 11.7 Å². The molecule has 0 bridgehead atoms. The first kappa shape index (κ1) is 26.5. The number of guanidine groups is 1. The Hall–Kier alpha value is -0.770. The fraction of sp³-hybridized carbons (Fsp3) is 0.882. The van der Waals surface area contributed by atoms with Crippen molar-refractivity contribution in [2.24, 2.45) is 10.9 Å². The van der Waals surface area contributed by atoms with Gasteiger partial charge in [0.1, 0.15) is 5.60 Å². The average molecular weight is 472 g/mol. The minimum Gasteiger partial charge on any atom is -0.444 e. The lowest BCUT2D eigenvalue weighted by atomic mass is 10.0. The third kappa shape index (κ3) is 15.2. The zero-order chi connectivity index (χ0) is 18.6. The summed E-state index contributed by atoms with van der Waals surface area (Å²) in [6.07, 6.45) is 0.751. The molecule has 0 heterocycles. The molecule has 0 fully saturated rings. The number of nitrogens with zero attached hydrogens (tertiary/aromatic N) is 1. The first-order chi connectivity index (χ1) is 11.2. The van der Waals surface area contributed by atoms with E-state index in [1.807, 2.05) is 27.7 Å². The number of carbonyl (C=O) groups is 1. The molecular formula is C17H37IN4O3. The number of carbonyl (C=O) groups excluding carboxylic acids is 1. The standard InChI is InChI=1S/C17H36N4O3.HI/c1-8-23-14(13(2)3)9-10-19-15(18-7)20-11-12-21-16(22)24-17(4,5)6;/h13-14H,8-12H2,1-7H3,(H,21,22)(H2,18,19,20);1H. The molecule has 0 aromatic carbocycles. The summed E-state index contributed by atoms with van der Waals surface area (Å²) < 4.78 is 10.9. The Labute approximate surface area is 170 Å². The number of rotatable bonds is 9. The number of hydrogen-bond donors (Lipinski definition) is 3. The number of nitrogens with one attached hydrogen (secondary N) is 3. The van der Waals surface area contributed by atoms with Gasteiger partial charge in [-0.2, -0.15) is 0 Å². The Kier molecular flexibility index (Phi) is 15.2. The Balaban J connectivity index is 0. The lowest BCUT2D eigenvalue weighted by Gasteiger charge is -2.21. The van der Waals surface area contributed by atoms with E-state index in [1.54, 1.807) is 7.05 Å². The van der Waals surface area contributed by atoms with Crippen molar-refractivity contribution < 1.29 is 14.3 Å². The predicted molar refractivity (Wildman–Crippen MR) is 114 cm³/mol. The topological polar surface area (TPSA) is 84.0 Å².